The number of nitrogens with zero attached hydrogens (tertiary/aromatic N) is 4. The molecule has 2 heterocycles. The Morgan fingerprint density at radius 2 is 2.30 bits per heavy atom. The molecule has 0 aromatic carbocycles. The molecule has 0 aliphatic heterocycles. The Morgan fingerprint density at radius 3 is 2.91 bits per heavy atom. The molecule has 0 unspecified atom stereocenters. The van der Waals surface area contributed by atoms with Crippen LogP contribution in [0, 0.1) is 17.2 Å². The summed E-state index contributed by atoms with van der Waals surface area (Å²) in [4.78, 5) is 16.0. The van der Waals surface area contributed by atoms with Gasteiger partial charge in [0.2, 0.25) is 11.8 Å². The molecule has 2 rings (SSSR count). The molecular weight excluding hydrogens is 314 g/mol. The minimum atomic E-state index is -0.895. The van der Waals surface area contributed by atoms with Crippen LogP contribution in [0.15, 0.2) is 34.2 Å². The number of hydrogen-bond acceptors (Lipinski definition) is 7. The van der Waals surface area contributed by atoms with E-state index in [1.807, 2.05) is 19.9 Å². The predicted molar refractivity (Wildman–Crippen MR) is 85.3 cm³/mol. The van der Waals surface area contributed by atoms with Crippen LogP contribution in [0.3, 0.4) is 0 Å². The molecule has 0 saturated heterocycles. The third kappa shape index (κ3) is 4.29. The standard InChI is InChI=1S/C15H17N5O2S/c1-10(2)15(3,9-16)18-12(21)8-23-14-20-19-13(22-14)11-5-4-6-17-7-11/h4-7,10H,8H2,1-3H3,(H,18,21)/t15-/m0/s1. The summed E-state index contributed by atoms with van der Waals surface area (Å²) in [5.74, 6) is 0.194. The first-order chi connectivity index (χ1) is 10.9. The van der Waals surface area contributed by atoms with E-state index in [-0.39, 0.29) is 17.6 Å². The summed E-state index contributed by atoms with van der Waals surface area (Å²) in [6.45, 7) is 5.47. The lowest BCUT2D eigenvalue weighted by molar-refractivity contribution is -0.120. The molecule has 2 aromatic heterocycles. The van der Waals surface area contributed by atoms with Gasteiger partial charge in [0, 0.05) is 12.4 Å². The largest absolute Gasteiger partial charge is 0.411 e. The van der Waals surface area contributed by atoms with E-state index in [0.29, 0.717) is 16.7 Å². The monoisotopic (exact) mass is 331 g/mol. The Labute approximate surface area is 138 Å². The molecule has 0 fully saturated rings. The van der Waals surface area contributed by atoms with Crippen molar-refractivity contribution in [3.63, 3.8) is 0 Å². The lowest BCUT2D eigenvalue weighted by Gasteiger charge is -2.27. The van der Waals surface area contributed by atoms with E-state index in [1.165, 1.54) is 0 Å². The van der Waals surface area contributed by atoms with Crippen molar-refractivity contribution in [2.24, 2.45) is 5.92 Å². The number of nitrogens with one attached hydrogen (secondary N) is 1. The second kappa shape index (κ2) is 7.24. The fourth-order valence-corrected chi connectivity index (χ4v) is 2.19. The van der Waals surface area contributed by atoms with Gasteiger partial charge < -0.3 is 9.73 Å². The van der Waals surface area contributed by atoms with Gasteiger partial charge in [-0.3, -0.25) is 9.78 Å². The number of carbonyl (C=O) groups excluding carboxylic acids is 1. The second-order valence-electron chi connectivity index (χ2n) is 5.42. The first kappa shape index (κ1) is 17.0. The minimum absolute atomic E-state index is 0.00189. The van der Waals surface area contributed by atoms with Crippen molar-refractivity contribution in [1.82, 2.24) is 20.5 Å². The van der Waals surface area contributed by atoms with Crippen molar-refractivity contribution in [2.45, 2.75) is 31.5 Å². The number of pyridine rings is 1. The van der Waals surface area contributed by atoms with Gasteiger partial charge in [-0.15, -0.1) is 10.2 Å². The number of nitriles is 1. The Balaban J connectivity index is 1.93. The van der Waals surface area contributed by atoms with E-state index >= 15 is 0 Å². The highest BCUT2D eigenvalue weighted by Crippen LogP contribution is 2.22. The lowest BCUT2D eigenvalue weighted by atomic mass is 9.90. The van der Waals surface area contributed by atoms with Crippen LogP contribution in [0.5, 0.6) is 0 Å². The molecule has 120 valence electrons. The van der Waals surface area contributed by atoms with E-state index in [2.05, 4.69) is 26.6 Å². The molecule has 0 aliphatic rings. The number of hydrogen-bond donors (Lipinski definition) is 1. The van der Waals surface area contributed by atoms with Gasteiger partial charge in [0.05, 0.1) is 17.4 Å². The van der Waals surface area contributed by atoms with Gasteiger partial charge >= 0.3 is 0 Å². The number of carbonyl (C=O) groups is 1. The molecule has 7 nitrogen and oxygen atoms in total. The van der Waals surface area contributed by atoms with Crippen molar-refractivity contribution >= 4 is 17.7 Å². The van der Waals surface area contributed by atoms with Crippen LogP contribution in [0.2, 0.25) is 0 Å². The highest BCUT2D eigenvalue weighted by Gasteiger charge is 2.30. The minimum Gasteiger partial charge on any atom is -0.411 e. The van der Waals surface area contributed by atoms with Crippen molar-refractivity contribution in [2.75, 3.05) is 5.75 Å². The molecule has 8 heteroatoms. The van der Waals surface area contributed by atoms with Crippen LogP contribution >= 0.6 is 11.8 Å². The van der Waals surface area contributed by atoms with E-state index in [0.717, 1.165) is 11.8 Å². The van der Waals surface area contributed by atoms with Gasteiger partial charge in [-0.1, -0.05) is 25.6 Å². The maximum absolute atomic E-state index is 12.0. The highest BCUT2D eigenvalue weighted by atomic mass is 32.2. The summed E-state index contributed by atoms with van der Waals surface area (Å²) in [7, 11) is 0. The zero-order valence-electron chi connectivity index (χ0n) is 13.1. The maximum atomic E-state index is 12.0. The van der Waals surface area contributed by atoms with Gasteiger partial charge in [0.1, 0.15) is 5.54 Å². The number of aromatic nitrogens is 3. The summed E-state index contributed by atoms with van der Waals surface area (Å²) in [6, 6.07) is 5.71. The van der Waals surface area contributed by atoms with Gasteiger partial charge in [-0.25, -0.2) is 0 Å². The van der Waals surface area contributed by atoms with Crippen LogP contribution in [-0.2, 0) is 4.79 Å². The van der Waals surface area contributed by atoms with Crippen molar-refractivity contribution in [3.8, 4) is 17.5 Å². The fourth-order valence-electron chi connectivity index (χ4n) is 1.63. The quantitative estimate of drug-likeness (QED) is 0.809. The van der Waals surface area contributed by atoms with E-state index in [4.69, 9.17) is 4.42 Å². The molecule has 2 aromatic rings. The van der Waals surface area contributed by atoms with Crippen molar-refractivity contribution in [3.05, 3.63) is 24.5 Å². The maximum Gasteiger partial charge on any atom is 0.277 e. The number of amides is 1. The SMILES string of the molecule is CC(C)[C@](C)(C#N)NC(=O)CSc1nnc(-c2cccnc2)o1. The molecule has 0 spiro atoms. The first-order valence-corrected chi connectivity index (χ1v) is 8.02. The summed E-state index contributed by atoms with van der Waals surface area (Å²) < 4.78 is 5.48. The molecule has 1 atom stereocenters. The number of rotatable bonds is 6. The molecular formula is C15H17N5O2S. The summed E-state index contributed by atoms with van der Waals surface area (Å²) in [5, 5.41) is 20.0. The van der Waals surface area contributed by atoms with Crippen LogP contribution in [0.4, 0.5) is 0 Å². The Kier molecular flexibility index (Phi) is 5.34. The van der Waals surface area contributed by atoms with Crippen molar-refractivity contribution in [1.29, 1.82) is 5.26 Å². The molecule has 0 radical (unpaired) electrons. The summed E-state index contributed by atoms with van der Waals surface area (Å²) in [6.07, 6.45) is 3.27. The summed E-state index contributed by atoms with van der Waals surface area (Å²) in [5.41, 5.74) is -0.180. The lowest BCUT2D eigenvalue weighted by Crippen LogP contribution is -2.49. The van der Waals surface area contributed by atoms with Gasteiger partial charge in [0.15, 0.2) is 0 Å². The normalized spacial score (nSPS) is 13.3. The Morgan fingerprint density at radius 1 is 1.52 bits per heavy atom. The second-order valence-corrected chi connectivity index (χ2v) is 6.35. The van der Waals surface area contributed by atoms with E-state index in [1.54, 1.807) is 25.4 Å². The molecule has 1 N–H and O–H groups in total. The average molecular weight is 331 g/mol. The van der Waals surface area contributed by atoms with E-state index < -0.39 is 5.54 Å². The summed E-state index contributed by atoms with van der Waals surface area (Å²) >= 11 is 1.12. The zero-order valence-corrected chi connectivity index (χ0v) is 13.9. The van der Waals surface area contributed by atoms with Crippen LogP contribution in [0.25, 0.3) is 11.5 Å². The third-order valence-corrected chi connectivity index (χ3v) is 4.25. The molecule has 0 saturated carbocycles. The molecule has 0 bridgehead atoms. The van der Waals surface area contributed by atoms with Gasteiger partial charge in [0.25, 0.3) is 5.22 Å². The van der Waals surface area contributed by atoms with Crippen LogP contribution in [-0.4, -0.2) is 32.4 Å². The third-order valence-electron chi connectivity index (χ3n) is 3.43. The topological polar surface area (TPSA) is 105 Å². The Bertz CT molecular complexity index is 710. The van der Waals surface area contributed by atoms with Crippen molar-refractivity contribution < 1.29 is 9.21 Å². The average Bonchev–Trinajstić information content (AvgIpc) is 3.02. The van der Waals surface area contributed by atoms with E-state index in [9.17, 15) is 10.1 Å². The molecule has 1 amide bonds. The molecule has 23 heavy (non-hydrogen) atoms. The van der Waals surface area contributed by atoms with Gasteiger partial charge in [-0.2, -0.15) is 5.26 Å². The fraction of sp³-hybridized carbons (Fsp3) is 0.400. The zero-order chi connectivity index (χ0) is 16.9. The Hall–Kier alpha value is -2.40. The van der Waals surface area contributed by atoms with Crippen LogP contribution in [0.1, 0.15) is 20.8 Å². The number of thioether (sulfide) groups is 1. The highest BCUT2D eigenvalue weighted by molar-refractivity contribution is 7.99. The molecule has 0 aliphatic carbocycles. The first-order valence-electron chi connectivity index (χ1n) is 7.03. The smallest absolute Gasteiger partial charge is 0.277 e. The predicted octanol–water partition coefficient (Wildman–Crippen LogP) is 2.28. The van der Waals surface area contributed by atoms with Gasteiger partial charge in [-0.05, 0) is 25.0 Å². The van der Waals surface area contributed by atoms with Crippen LogP contribution < -0.4 is 5.32 Å².